The molecule has 2 N–H and O–H groups in total. The van der Waals surface area contributed by atoms with Gasteiger partial charge in [0.15, 0.2) is 11.5 Å². The van der Waals surface area contributed by atoms with Crippen molar-refractivity contribution in [3.8, 4) is 6.07 Å². The zero-order valence-electron chi connectivity index (χ0n) is 13.9. The van der Waals surface area contributed by atoms with Gasteiger partial charge in [-0.1, -0.05) is 0 Å². The lowest BCUT2D eigenvalue weighted by Crippen LogP contribution is -2.47. The van der Waals surface area contributed by atoms with Crippen molar-refractivity contribution in [2.75, 3.05) is 25.9 Å². The van der Waals surface area contributed by atoms with E-state index in [2.05, 4.69) is 10.1 Å². The van der Waals surface area contributed by atoms with Gasteiger partial charge in [-0.25, -0.2) is 9.50 Å². The van der Waals surface area contributed by atoms with E-state index in [0.29, 0.717) is 37.1 Å². The Morgan fingerprint density at radius 3 is 2.84 bits per heavy atom. The van der Waals surface area contributed by atoms with E-state index in [0.717, 1.165) is 0 Å². The van der Waals surface area contributed by atoms with E-state index in [1.807, 2.05) is 6.07 Å². The molecule has 1 aliphatic heterocycles. The highest BCUT2D eigenvalue weighted by Gasteiger charge is 2.30. The van der Waals surface area contributed by atoms with Crippen LogP contribution in [0.2, 0.25) is 0 Å². The largest absolute Gasteiger partial charge is 0.381 e. The molecule has 0 spiro atoms. The zero-order valence-corrected chi connectivity index (χ0v) is 13.9. The summed E-state index contributed by atoms with van der Waals surface area (Å²) < 4.78 is 1.49. The number of hydrogen-bond donors (Lipinski definition) is 1. The Bertz CT molecular complexity index is 846. The number of nitrogens with zero attached hydrogens (tertiary/aromatic N) is 6. The van der Waals surface area contributed by atoms with Gasteiger partial charge in [0, 0.05) is 38.6 Å². The van der Waals surface area contributed by atoms with E-state index in [1.165, 1.54) is 4.52 Å². The van der Waals surface area contributed by atoms with E-state index >= 15 is 0 Å². The molecule has 0 atom stereocenters. The third kappa shape index (κ3) is 3.10. The summed E-state index contributed by atoms with van der Waals surface area (Å²) in [5.74, 6) is -0.240. The summed E-state index contributed by atoms with van der Waals surface area (Å²) in [5, 5.41) is 12.7. The molecule has 0 aromatic carbocycles. The number of nitrogen functional groups attached to an aromatic ring is 1. The zero-order chi connectivity index (χ0) is 18.0. The van der Waals surface area contributed by atoms with Crippen LogP contribution in [0.5, 0.6) is 0 Å². The Morgan fingerprint density at radius 2 is 2.16 bits per heavy atom. The van der Waals surface area contributed by atoms with Crippen molar-refractivity contribution in [3.63, 3.8) is 0 Å². The lowest BCUT2D eigenvalue weighted by Gasteiger charge is -2.36. The number of carbonyl (C=O) groups is 2. The molecule has 0 saturated carbocycles. The molecule has 9 nitrogen and oxygen atoms in total. The highest BCUT2D eigenvalue weighted by atomic mass is 16.2. The lowest BCUT2D eigenvalue weighted by molar-refractivity contribution is -0.131. The average Bonchev–Trinajstić information content (AvgIpc) is 2.96. The molecule has 1 fully saturated rings. The van der Waals surface area contributed by atoms with Crippen LogP contribution < -0.4 is 5.73 Å². The van der Waals surface area contributed by atoms with Gasteiger partial charge in [-0.3, -0.25) is 9.59 Å². The van der Waals surface area contributed by atoms with Gasteiger partial charge in [0.2, 0.25) is 5.91 Å². The molecular weight excluding hydrogens is 322 g/mol. The molecule has 1 saturated heterocycles. The van der Waals surface area contributed by atoms with Gasteiger partial charge < -0.3 is 15.5 Å². The normalized spacial score (nSPS) is 15.1. The molecule has 2 aromatic rings. The molecule has 0 bridgehead atoms. The monoisotopic (exact) mass is 341 g/mol. The van der Waals surface area contributed by atoms with E-state index in [9.17, 15) is 9.59 Å². The lowest BCUT2D eigenvalue weighted by atomic mass is 10.0. The van der Waals surface area contributed by atoms with Crippen LogP contribution in [0.25, 0.3) is 5.65 Å². The van der Waals surface area contributed by atoms with Crippen molar-refractivity contribution in [2.45, 2.75) is 25.3 Å². The number of piperidine rings is 1. The van der Waals surface area contributed by atoms with Crippen molar-refractivity contribution in [1.82, 2.24) is 24.4 Å². The molecule has 2 aromatic heterocycles. The minimum atomic E-state index is -0.229. The number of nitrogens with two attached hydrogens (primary N) is 1. The number of amides is 2. The van der Waals surface area contributed by atoms with Crippen LogP contribution >= 0.6 is 0 Å². The first-order valence-corrected chi connectivity index (χ1v) is 8.03. The molecule has 0 aliphatic carbocycles. The number of rotatable bonds is 3. The Kier molecular flexibility index (Phi) is 4.52. The maximum Gasteiger partial charge on any atom is 0.261 e. The molecule has 0 radical (unpaired) electrons. The Hall–Kier alpha value is -3.15. The van der Waals surface area contributed by atoms with Crippen LogP contribution in [0, 0.1) is 11.3 Å². The van der Waals surface area contributed by atoms with Crippen LogP contribution in [0.15, 0.2) is 18.5 Å². The summed E-state index contributed by atoms with van der Waals surface area (Å²) in [6, 6.07) is 3.58. The van der Waals surface area contributed by atoms with Crippen LogP contribution in [0.4, 0.5) is 5.82 Å². The molecule has 9 heteroatoms. The minimum absolute atomic E-state index is 0.00306. The Morgan fingerprint density at radius 1 is 1.44 bits per heavy atom. The van der Waals surface area contributed by atoms with Crippen molar-refractivity contribution < 1.29 is 9.59 Å². The van der Waals surface area contributed by atoms with Gasteiger partial charge in [-0.15, -0.1) is 5.10 Å². The first kappa shape index (κ1) is 16.7. The summed E-state index contributed by atoms with van der Waals surface area (Å²) >= 11 is 0. The molecule has 0 unspecified atom stereocenters. The van der Waals surface area contributed by atoms with Crippen molar-refractivity contribution in [2.24, 2.45) is 0 Å². The van der Waals surface area contributed by atoms with Gasteiger partial charge in [-0.2, -0.15) is 5.26 Å². The molecule has 25 heavy (non-hydrogen) atoms. The number of likely N-dealkylation sites (tertiary alicyclic amines) is 1. The quantitative estimate of drug-likeness (QED) is 0.856. The number of aromatic nitrogens is 3. The second kappa shape index (κ2) is 6.76. The fraction of sp³-hybridized carbons (Fsp3) is 0.438. The van der Waals surface area contributed by atoms with Gasteiger partial charge in [0.25, 0.3) is 5.91 Å². The fourth-order valence-corrected chi connectivity index (χ4v) is 3.13. The van der Waals surface area contributed by atoms with Crippen molar-refractivity contribution in [1.29, 1.82) is 5.26 Å². The Balaban J connectivity index is 1.72. The first-order chi connectivity index (χ1) is 12.0. The standard InChI is InChI=1S/C16H19N7O2/c1-21(11-4-9-22(10-5-11)12(24)3-6-17)16(25)13-14(18)20-23-8-2-7-19-15(13)23/h2,7-8,11H,3-5,9-10H2,1H3,(H2,18,20). The van der Waals surface area contributed by atoms with E-state index in [1.54, 1.807) is 35.3 Å². The van der Waals surface area contributed by atoms with E-state index < -0.39 is 0 Å². The van der Waals surface area contributed by atoms with Gasteiger partial charge >= 0.3 is 0 Å². The number of fused-ring (bicyclic) bond motifs is 1. The van der Waals surface area contributed by atoms with Crippen LogP contribution in [0.1, 0.15) is 29.6 Å². The van der Waals surface area contributed by atoms with Crippen molar-refractivity contribution in [3.05, 3.63) is 24.0 Å². The summed E-state index contributed by atoms with van der Waals surface area (Å²) in [7, 11) is 1.73. The highest BCUT2D eigenvalue weighted by Crippen LogP contribution is 2.22. The van der Waals surface area contributed by atoms with Gasteiger partial charge in [0.1, 0.15) is 12.0 Å². The SMILES string of the molecule is CN(C(=O)c1c(N)nn2cccnc12)C1CCN(C(=O)CC#N)CC1. The summed E-state index contributed by atoms with van der Waals surface area (Å²) in [4.78, 5) is 32.2. The predicted octanol–water partition coefficient (Wildman–Crippen LogP) is 0.288. The van der Waals surface area contributed by atoms with Crippen LogP contribution in [-0.4, -0.2) is 62.4 Å². The second-order valence-electron chi connectivity index (χ2n) is 6.01. The number of nitriles is 1. The van der Waals surface area contributed by atoms with Gasteiger partial charge in [-0.05, 0) is 18.9 Å². The average molecular weight is 341 g/mol. The molecular formula is C16H19N7O2. The second-order valence-corrected chi connectivity index (χ2v) is 6.01. The van der Waals surface area contributed by atoms with Gasteiger partial charge in [0.05, 0.1) is 6.07 Å². The molecule has 2 amide bonds. The van der Waals surface area contributed by atoms with E-state index in [-0.39, 0.29) is 30.1 Å². The van der Waals surface area contributed by atoms with Crippen molar-refractivity contribution >= 4 is 23.3 Å². The smallest absolute Gasteiger partial charge is 0.261 e. The van der Waals surface area contributed by atoms with Crippen LogP contribution in [-0.2, 0) is 4.79 Å². The van der Waals surface area contributed by atoms with E-state index in [4.69, 9.17) is 11.0 Å². The number of carbonyl (C=O) groups excluding carboxylic acids is 2. The van der Waals surface area contributed by atoms with Crippen LogP contribution in [0.3, 0.4) is 0 Å². The maximum absolute atomic E-state index is 12.9. The fourth-order valence-electron chi connectivity index (χ4n) is 3.13. The summed E-state index contributed by atoms with van der Waals surface area (Å²) in [6.07, 6.45) is 4.49. The molecule has 3 rings (SSSR count). The summed E-state index contributed by atoms with van der Waals surface area (Å²) in [6.45, 7) is 1.07. The molecule has 1 aliphatic rings. The maximum atomic E-state index is 12.9. The number of anilines is 1. The first-order valence-electron chi connectivity index (χ1n) is 8.03. The topological polar surface area (TPSA) is 121 Å². The Labute approximate surface area is 144 Å². The predicted molar refractivity (Wildman–Crippen MR) is 89.3 cm³/mol. The minimum Gasteiger partial charge on any atom is -0.381 e. The summed E-state index contributed by atoms with van der Waals surface area (Å²) in [5.41, 5.74) is 6.64. The third-order valence-electron chi connectivity index (χ3n) is 4.55. The number of hydrogen-bond acceptors (Lipinski definition) is 6. The molecule has 3 heterocycles. The third-order valence-corrected chi connectivity index (χ3v) is 4.55. The highest BCUT2D eigenvalue weighted by molar-refractivity contribution is 6.04. The molecule has 130 valence electrons.